The first-order valence-corrected chi connectivity index (χ1v) is 8.57. The number of urea groups is 1. The fourth-order valence-corrected chi connectivity index (χ4v) is 4.12. The van der Waals surface area contributed by atoms with E-state index < -0.39 is 0 Å². The lowest BCUT2D eigenvalue weighted by molar-refractivity contribution is 0.0792. The minimum Gasteiger partial charge on any atom is -0.311 e. The molecule has 0 bridgehead atoms. The number of nitrogens with zero attached hydrogens (tertiary/aromatic N) is 1. The molecule has 3 rings (SSSR count). The van der Waals surface area contributed by atoms with Crippen LogP contribution in [-0.2, 0) is 0 Å². The smallest absolute Gasteiger partial charge is 0.311 e. The average molecular weight is 291 g/mol. The average Bonchev–Trinajstić information content (AvgIpc) is 3.25. The van der Waals surface area contributed by atoms with Crippen LogP contribution in [0.4, 0.5) is 4.79 Å². The second-order valence-electron chi connectivity index (χ2n) is 8.01. The first-order valence-electron chi connectivity index (χ1n) is 8.57. The second kappa shape index (κ2) is 4.99. The summed E-state index contributed by atoms with van der Waals surface area (Å²) in [6.07, 6.45) is 7.90. The van der Waals surface area contributed by atoms with E-state index in [4.69, 9.17) is 5.41 Å². The van der Waals surface area contributed by atoms with Crippen molar-refractivity contribution in [1.29, 1.82) is 5.41 Å². The molecule has 21 heavy (non-hydrogen) atoms. The van der Waals surface area contributed by atoms with Crippen molar-refractivity contribution in [1.82, 2.24) is 10.2 Å². The van der Waals surface area contributed by atoms with Crippen LogP contribution >= 0.6 is 0 Å². The summed E-state index contributed by atoms with van der Waals surface area (Å²) in [5.74, 6) is 1.86. The van der Waals surface area contributed by atoms with Crippen molar-refractivity contribution >= 4 is 11.9 Å². The molecule has 0 aromatic heterocycles. The van der Waals surface area contributed by atoms with Crippen molar-refractivity contribution in [3.05, 3.63) is 0 Å². The van der Waals surface area contributed by atoms with Gasteiger partial charge in [0.1, 0.15) is 11.4 Å². The quantitative estimate of drug-likeness (QED) is 0.814. The van der Waals surface area contributed by atoms with Gasteiger partial charge in [-0.2, -0.15) is 0 Å². The second-order valence-corrected chi connectivity index (χ2v) is 8.01. The van der Waals surface area contributed by atoms with Gasteiger partial charge < -0.3 is 4.90 Å². The normalized spacial score (nSPS) is 33.7. The number of hydrogen-bond donors (Lipinski definition) is 2. The summed E-state index contributed by atoms with van der Waals surface area (Å²) < 4.78 is 0. The summed E-state index contributed by atoms with van der Waals surface area (Å²) in [7, 11) is 0. The van der Waals surface area contributed by atoms with Crippen LogP contribution in [0, 0.1) is 22.7 Å². The zero-order valence-corrected chi connectivity index (χ0v) is 13.7. The van der Waals surface area contributed by atoms with E-state index in [1.165, 1.54) is 19.3 Å². The van der Waals surface area contributed by atoms with Crippen LogP contribution in [0.1, 0.15) is 65.7 Å². The minimum atomic E-state index is -0.306. The van der Waals surface area contributed by atoms with Crippen molar-refractivity contribution in [2.45, 2.75) is 71.3 Å². The molecule has 0 aromatic rings. The Kier molecular flexibility index (Phi) is 3.53. The Balaban J connectivity index is 1.74. The summed E-state index contributed by atoms with van der Waals surface area (Å²) in [5.41, 5.74) is 0.0706. The highest BCUT2D eigenvalue weighted by Gasteiger charge is 2.53. The summed E-state index contributed by atoms with van der Waals surface area (Å²) in [6.45, 7) is 7.85. The largest absolute Gasteiger partial charge is 0.323 e. The molecular formula is C17H29N3O. The molecule has 118 valence electrons. The van der Waals surface area contributed by atoms with Crippen LogP contribution in [0.5, 0.6) is 0 Å². The number of carbonyl (C=O) groups excluding carboxylic acids is 1. The molecule has 0 atom stereocenters. The van der Waals surface area contributed by atoms with Gasteiger partial charge in [0.25, 0.3) is 0 Å². The van der Waals surface area contributed by atoms with Crippen molar-refractivity contribution < 1.29 is 4.79 Å². The van der Waals surface area contributed by atoms with E-state index in [1.807, 2.05) is 4.90 Å². The van der Waals surface area contributed by atoms with Gasteiger partial charge >= 0.3 is 6.03 Å². The van der Waals surface area contributed by atoms with Crippen molar-refractivity contribution in [3.8, 4) is 0 Å². The van der Waals surface area contributed by atoms with Gasteiger partial charge in [-0.05, 0) is 55.8 Å². The van der Waals surface area contributed by atoms with E-state index in [9.17, 15) is 4.79 Å². The van der Waals surface area contributed by atoms with Gasteiger partial charge in [0.05, 0.1) is 0 Å². The third-order valence-corrected chi connectivity index (χ3v) is 6.43. The van der Waals surface area contributed by atoms with Crippen LogP contribution < -0.4 is 5.32 Å². The summed E-state index contributed by atoms with van der Waals surface area (Å²) in [5, 5.41) is 11.1. The Hall–Kier alpha value is -1.06. The number of amidine groups is 1. The van der Waals surface area contributed by atoms with Gasteiger partial charge in [-0.3, -0.25) is 10.7 Å². The monoisotopic (exact) mass is 291 g/mol. The van der Waals surface area contributed by atoms with E-state index in [2.05, 4.69) is 26.1 Å². The van der Waals surface area contributed by atoms with Crippen LogP contribution in [0.15, 0.2) is 0 Å². The lowest BCUT2D eigenvalue weighted by Gasteiger charge is -2.46. The van der Waals surface area contributed by atoms with Crippen molar-refractivity contribution in [2.24, 2.45) is 17.3 Å². The van der Waals surface area contributed by atoms with Gasteiger partial charge in [-0.1, -0.05) is 27.2 Å². The summed E-state index contributed by atoms with van der Waals surface area (Å²) in [6, 6.07) is -0.0277. The SMILES string of the molecule is CCC(C)(C)C1CCC2(CC1)C(=N)NC(=O)N2CC1CC1. The summed E-state index contributed by atoms with van der Waals surface area (Å²) in [4.78, 5) is 14.2. The molecule has 2 aliphatic carbocycles. The van der Waals surface area contributed by atoms with Crippen LogP contribution in [0.25, 0.3) is 0 Å². The van der Waals surface area contributed by atoms with E-state index >= 15 is 0 Å². The molecule has 0 radical (unpaired) electrons. The predicted octanol–water partition coefficient (Wildman–Crippen LogP) is 3.76. The predicted molar refractivity (Wildman–Crippen MR) is 84.4 cm³/mol. The van der Waals surface area contributed by atoms with E-state index in [0.717, 1.165) is 38.1 Å². The van der Waals surface area contributed by atoms with Crippen molar-refractivity contribution in [2.75, 3.05) is 6.54 Å². The van der Waals surface area contributed by atoms with E-state index in [-0.39, 0.29) is 11.6 Å². The van der Waals surface area contributed by atoms with Crippen LogP contribution in [0.2, 0.25) is 0 Å². The lowest BCUT2D eigenvalue weighted by atomic mass is 9.65. The van der Waals surface area contributed by atoms with E-state index in [1.54, 1.807) is 0 Å². The molecule has 2 saturated carbocycles. The zero-order valence-electron chi connectivity index (χ0n) is 13.7. The van der Waals surface area contributed by atoms with E-state index in [0.29, 0.717) is 17.2 Å². The topological polar surface area (TPSA) is 56.2 Å². The fraction of sp³-hybridized carbons (Fsp3) is 0.882. The van der Waals surface area contributed by atoms with Gasteiger partial charge in [-0.25, -0.2) is 4.79 Å². The first kappa shape index (κ1) is 14.9. The maximum atomic E-state index is 12.2. The molecule has 1 aliphatic heterocycles. The van der Waals surface area contributed by atoms with Crippen LogP contribution in [0.3, 0.4) is 0 Å². The molecule has 3 fully saturated rings. The molecular weight excluding hydrogens is 262 g/mol. The molecule has 1 saturated heterocycles. The van der Waals surface area contributed by atoms with Crippen molar-refractivity contribution in [3.63, 3.8) is 0 Å². The molecule has 0 aromatic carbocycles. The Labute approximate surface area is 128 Å². The number of nitrogens with one attached hydrogen (secondary N) is 2. The molecule has 2 N–H and O–H groups in total. The Bertz CT molecular complexity index is 445. The molecule has 1 heterocycles. The molecule has 4 heteroatoms. The molecule has 0 unspecified atom stereocenters. The van der Waals surface area contributed by atoms with Gasteiger partial charge in [-0.15, -0.1) is 0 Å². The third-order valence-electron chi connectivity index (χ3n) is 6.43. The molecule has 2 amide bonds. The first-order chi connectivity index (χ1) is 9.89. The minimum absolute atomic E-state index is 0.0277. The number of carbonyl (C=O) groups is 1. The van der Waals surface area contributed by atoms with Crippen LogP contribution in [-0.4, -0.2) is 28.9 Å². The standard InChI is InChI=1S/C17H29N3O/c1-4-16(2,3)13-7-9-17(10-8-13)14(18)19-15(21)20(17)11-12-5-6-12/h12-13H,4-11H2,1-3H3,(H2,18,19,21). The highest BCUT2D eigenvalue weighted by atomic mass is 16.2. The molecule has 3 aliphatic rings. The molecule has 1 spiro atoms. The van der Waals surface area contributed by atoms with Gasteiger partial charge in [0.2, 0.25) is 0 Å². The Morgan fingerprint density at radius 3 is 2.43 bits per heavy atom. The number of hydrogen-bond acceptors (Lipinski definition) is 2. The fourth-order valence-electron chi connectivity index (χ4n) is 4.12. The Morgan fingerprint density at radius 1 is 1.29 bits per heavy atom. The number of rotatable bonds is 4. The summed E-state index contributed by atoms with van der Waals surface area (Å²) >= 11 is 0. The third kappa shape index (κ3) is 2.47. The van der Waals surface area contributed by atoms with Gasteiger partial charge in [0, 0.05) is 6.54 Å². The van der Waals surface area contributed by atoms with Gasteiger partial charge in [0.15, 0.2) is 0 Å². The zero-order chi connectivity index (χ0) is 15.3. The maximum Gasteiger partial charge on any atom is 0.323 e. The highest BCUT2D eigenvalue weighted by Crippen LogP contribution is 2.47. The Morgan fingerprint density at radius 2 is 1.90 bits per heavy atom. The molecule has 4 nitrogen and oxygen atoms in total. The maximum absolute atomic E-state index is 12.2. The number of amides is 2. The highest BCUT2D eigenvalue weighted by molar-refractivity contribution is 6.08. The lowest BCUT2D eigenvalue weighted by Crippen LogP contribution is -2.53.